The third-order valence-electron chi connectivity index (χ3n) is 5.40. The van der Waals surface area contributed by atoms with Gasteiger partial charge in [-0.1, -0.05) is 18.2 Å². The number of methoxy groups -OCH3 is 1. The van der Waals surface area contributed by atoms with Gasteiger partial charge in [0.15, 0.2) is 0 Å². The number of pyridine rings is 2. The van der Waals surface area contributed by atoms with Gasteiger partial charge >= 0.3 is 0 Å². The number of aryl methyl sites for hydroxylation is 1. The highest BCUT2D eigenvalue weighted by molar-refractivity contribution is 6.04. The van der Waals surface area contributed by atoms with E-state index in [4.69, 9.17) is 4.74 Å². The van der Waals surface area contributed by atoms with Crippen LogP contribution in [-0.2, 0) is 7.05 Å². The molecule has 0 bridgehead atoms. The van der Waals surface area contributed by atoms with Crippen molar-refractivity contribution in [3.05, 3.63) is 78.4 Å². The third kappa shape index (κ3) is 3.08. The van der Waals surface area contributed by atoms with Crippen LogP contribution in [0.4, 0.5) is 4.39 Å². The number of aromatic nitrogens is 4. The van der Waals surface area contributed by atoms with Crippen LogP contribution in [0.1, 0.15) is 0 Å². The maximum absolute atomic E-state index is 13.8. The van der Waals surface area contributed by atoms with E-state index in [0.29, 0.717) is 17.2 Å². The van der Waals surface area contributed by atoms with Crippen molar-refractivity contribution in [1.82, 2.24) is 19.1 Å². The topological polar surface area (TPSA) is 81.0 Å². The number of hydrogen-bond donors (Lipinski definition) is 0. The molecule has 0 atom stereocenters. The number of ether oxygens (including phenoxy) is 1. The molecule has 0 aliphatic carbocycles. The van der Waals surface area contributed by atoms with E-state index in [1.54, 1.807) is 31.6 Å². The number of nitrogens with zero attached hydrogens (tertiary/aromatic N) is 6. The van der Waals surface area contributed by atoms with Gasteiger partial charge in [-0.15, -0.1) is 4.99 Å². The van der Waals surface area contributed by atoms with Gasteiger partial charge in [0.25, 0.3) is 0 Å². The summed E-state index contributed by atoms with van der Waals surface area (Å²) >= 11 is 0. The SMILES string of the molecule is COc1ccc(-n2c(=NC#N)n(C)c3cnc4ccc(-c5cccc(F)c5)cc4c32)cn1. The van der Waals surface area contributed by atoms with Crippen LogP contribution in [-0.4, -0.2) is 26.2 Å². The Morgan fingerprint density at radius 3 is 2.59 bits per heavy atom. The summed E-state index contributed by atoms with van der Waals surface area (Å²) in [5.74, 6) is 0.182. The quantitative estimate of drug-likeness (QED) is 0.408. The Balaban J connectivity index is 1.89. The first-order valence-electron chi connectivity index (χ1n) is 9.80. The van der Waals surface area contributed by atoms with E-state index in [9.17, 15) is 9.65 Å². The molecule has 0 saturated carbocycles. The molecular weight excluding hydrogens is 407 g/mol. The number of rotatable bonds is 3. The van der Waals surface area contributed by atoms with Crippen molar-refractivity contribution in [3.8, 4) is 28.9 Å². The molecule has 7 nitrogen and oxygen atoms in total. The maximum atomic E-state index is 13.8. The molecule has 3 aromatic heterocycles. The Hall–Kier alpha value is -4.51. The fourth-order valence-electron chi connectivity index (χ4n) is 3.89. The standard InChI is InChI=1S/C24H17FN6O/c1-30-21-13-27-20-8-6-16(15-4-3-5-17(25)10-15)11-19(20)23(21)31(24(30)29-14-26)18-7-9-22(32-2)28-12-18/h3-13H,1-2H3. The predicted octanol–water partition coefficient (Wildman–Crippen LogP) is 4.11. The zero-order valence-electron chi connectivity index (χ0n) is 17.3. The number of benzene rings is 2. The molecule has 0 fully saturated rings. The number of imidazole rings is 1. The van der Waals surface area contributed by atoms with Gasteiger partial charge in [-0.3, -0.25) is 9.55 Å². The molecule has 0 saturated heterocycles. The molecule has 0 radical (unpaired) electrons. The molecule has 156 valence electrons. The lowest BCUT2D eigenvalue weighted by atomic mass is 10.0. The predicted molar refractivity (Wildman–Crippen MR) is 118 cm³/mol. The van der Waals surface area contributed by atoms with Crippen LogP contribution in [0.25, 0.3) is 38.8 Å². The van der Waals surface area contributed by atoms with E-state index >= 15 is 0 Å². The van der Waals surface area contributed by atoms with Gasteiger partial charge in [-0.2, -0.15) is 5.26 Å². The lowest BCUT2D eigenvalue weighted by Gasteiger charge is -2.09. The van der Waals surface area contributed by atoms with Crippen molar-refractivity contribution in [3.63, 3.8) is 0 Å². The van der Waals surface area contributed by atoms with Crippen molar-refractivity contribution >= 4 is 21.9 Å². The van der Waals surface area contributed by atoms with Crippen LogP contribution in [0.15, 0.2) is 72.0 Å². The Morgan fingerprint density at radius 1 is 1.03 bits per heavy atom. The van der Waals surface area contributed by atoms with Gasteiger partial charge in [0, 0.05) is 18.5 Å². The van der Waals surface area contributed by atoms with Gasteiger partial charge in [0.1, 0.15) is 5.82 Å². The molecule has 0 aliphatic rings. The number of halogens is 1. The molecule has 0 aliphatic heterocycles. The smallest absolute Gasteiger partial charge is 0.226 e. The van der Waals surface area contributed by atoms with Crippen molar-refractivity contribution in [2.45, 2.75) is 0 Å². The van der Waals surface area contributed by atoms with Crippen LogP contribution >= 0.6 is 0 Å². The Morgan fingerprint density at radius 2 is 1.88 bits per heavy atom. The van der Waals surface area contributed by atoms with Gasteiger partial charge < -0.3 is 9.30 Å². The van der Waals surface area contributed by atoms with Crippen LogP contribution in [0.3, 0.4) is 0 Å². The van der Waals surface area contributed by atoms with E-state index in [0.717, 1.165) is 33.1 Å². The zero-order chi connectivity index (χ0) is 22.2. The summed E-state index contributed by atoms with van der Waals surface area (Å²) in [6.45, 7) is 0. The second-order valence-corrected chi connectivity index (χ2v) is 7.20. The zero-order valence-corrected chi connectivity index (χ0v) is 17.3. The van der Waals surface area contributed by atoms with Crippen LogP contribution in [0, 0.1) is 17.3 Å². The summed E-state index contributed by atoms with van der Waals surface area (Å²) in [5, 5.41) is 10.2. The minimum atomic E-state index is -0.298. The first-order chi connectivity index (χ1) is 15.6. The second kappa shape index (κ2) is 7.63. The first kappa shape index (κ1) is 19.5. The largest absolute Gasteiger partial charge is 0.481 e. The average Bonchev–Trinajstić information content (AvgIpc) is 3.11. The van der Waals surface area contributed by atoms with E-state index in [2.05, 4.69) is 15.0 Å². The monoisotopic (exact) mass is 424 g/mol. The van der Waals surface area contributed by atoms with Gasteiger partial charge in [0.2, 0.25) is 17.7 Å². The Bertz CT molecular complexity index is 1590. The highest BCUT2D eigenvalue weighted by Gasteiger charge is 2.16. The third-order valence-corrected chi connectivity index (χ3v) is 5.40. The van der Waals surface area contributed by atoms with E-state index in [-0.39, 0.29) is 5.82 Å². The molecule has 5 aromatic rings. The average molecular weight is 424 g/mol. The fraction of sp³-hybridized carbons (Fsp3) is 0.0833. The molecule has 0 amide bonds. The Labute approximate surface area is 182 Å². The molecule has 0 spiro atoms. The van der Waals surface area contributed by atoms with Crippen LogP contribution in [0.2, 0.25) is 0 Å². The molecule has 0 N–H and O–H groups in total. The highest BCUT2D eigenvalue weighted by Crippen LogP contribution is 2.30. The lowest BCUT2D eigenvalue weighted by molar-refractivity contribution is 0.398. The summed E-state index contributed by atoms with van der Waals surface area (Å²) in [7, 11) is 3.38. The van der Waals surface area contributed by atoms with Crippen LogP contribution in [0.5, 0.6) is 5.88 Å². The Kier molecular flexibility index (Phi) is 4.64. The number of fused-ring (bicyclic) bond motifs is 3. The summed E-state index contributed by atoms with van der Waals surface area (Å²) < 4.78 is 22.7. The van der Waals surface area contributed by atoms with Crippen molar-refractivity contribution in [2.75, 3.05) is 7.11 Å². The molecule has 5 rings (SSSR count). The minimum absolute atomic E-state index is 0.298. The summed E-state index contributed by atoms with van der Waals surface area (Å²) in [4.78, 5) is 13.0. The van der Waals surface area contributed by atoms with E-state index in [1.807, 2.05) is 52.7 Å². The lowest BCUT2D eigenvalue weighted by Crippen LogP contribution is -2.22. The molecule has 3 heterocycles. The van der Waals surface area contributed by atoms with Crippen molar-refractivity contribution in [1.29, 1.82) is 5.26 Å². The number of nitriles is 1. The summed E-state index contributed by atoms with van der Waals surface area (Å²) in [5.41, 5.74) is 5.14. The molecule has 2 aromatic carbocycles. The molecular formula is C24H17FN6O. The minimum Gasteiger partial charge on any atom is -0.481 e. The fourth-order valence-corrected chi connectivity index (χ4v) is 3.89. The van der Waals surface area contributed by atoms with E-state index in [1.165, 1.54) is 12.1 Å². The summed E-state index contributed by atoms with van der Waals surface area (Å²) in [6, 6.07) is 15.9. The summed E-state index contributed by atoms with van der Waals surface area (Å²) in [6.07, 6.45) is 5.30. The first-order valence-corrected chi connectivity index (χ1v) is 9.80. The van der Waals surface area contributed by atoms with Crippen molar-refractivity contribution < 1.29 is 9.13 Å². The van der Waals surface area contributed by atoms with Gasteiger partial charge in [-0.05, 0) is 41.5 Å². The van der Waals surface area contributed by atoms with Crippen LogP contribution < -0.4 is 10.4 Å². The maximum Gasteiger partial charge on any atom is 0.226 e. The highest BCUT2D eigenvalue weighted by atomic mass is 19.1. The number of hydrogen-bond acceptors (Lipinski definition) is 5. The van der Waals surface area contributed by atoms with E-state index < -0.39 is 0 Å². The normalized spacial score (nSPS) is 11.8. The van der Waals surface area contributed by atoms with Gasteiger partial charge in [0.05, 0.1) is 41.7 Å². The molecule has 0 unspecified atom stereocenters. The molecule has 8 heteroatoms. The second-order valence-electron chi connectivity index (χ2n) is 7.20. The molecule has 32 heavy (non-hydrogen) atoms. The van der Waals surface area contributed by atoms with Crippen molar-refractivity contribution in [2.24, 2.45) is 12.0 Å². The van der Waals surface area contributed by atoms with Gasteiger partial charge in [-0.25, -0.2) is 9.37 Å².